The summed E-state index contributed by atoms with van der Waals surface area (Å²) < 4.78 is 0. The maximum absolute atomic E-state index is 11.2. The second kappa shape index (κ2) is 4.27. The molecule has 1 aliphatic rings. The Morgan fingerprint density at radius 2 is 2.00 bits per heavy atom. The molecule has 0 atom stereocenters. The van der Waals surface area contributed by atoms with Gasteiger partial charge in [-0.3, -0.25) is 4.79 Å². The molecular formula is C13H12ClNO. The number of carbonyl (C=O) groups is 1. The molecule has 0 saturated heterocycles. The number of Topliss-reactive ketones (excluding diaryl/α,β-unsaturated/α-hetero) is 1. The third kappa shape index (κ3) is 1.96. The molecule has 1 aromatic rings. The van der Waals surface area contributed by atoms with Crippen molar-refractivity contribution in [3.05, 3.63) is 34.9 Å². The van der Waals surface area contributed by atoms with E-state index in [1.54, 1.807) is 6.07 Å². The van der Waals surface area contributed by atoms with E-state index in [0.29, 0.717) is 30.7 Å². The van der Waals surface area contributed by atoms with E-state index in [0.717, 1.165) is 5.56 Å². The van der Waals surface area contributed by atoms with Gasteiger partial charge in [0.1, 0.15) is 5.78 Å². The first kappa shape index (κ1) is 11.2. The van der Waals surface area contributed by atoms with E-state index in [4.69, 9.17) is 11.6 Å². The van der Waals surface area contributed by atoms with Gasteiger partial charge < -0.3 is 0 Å². The molecular weight excluding hydrogens is 222 g/mol. The van der Waals surface area contributed by atoms with Crippen molar-refractivity contribution in [2.45, 2.75) is 31.1 Å². The molecule has 0 heterocycles. The number of halogens is 1. The molecule has 0 bridgehead atoms. The highest BCUT2D eigenvalue weighted by Gasteiger charge is 2.36. The molecule has 3 heteroatoms. The van der Waals surface area contributed by atoms with E-state index in [1.165, 1.54) is 0 Å². The molecule has 0 unspecified atom stereocenters. The molecule has 2 rings (SSSR count). The fraction of sp³-hybridized carbons (Fsp3) is 0.385. The van der Waals surface area contributed by atoms with Gasteiger partial charge in [-0.15, -0.1) is 0 Å². The Hall–Kier alpha value is -1.33. The lowest BCUT2D eigenvalue weighted by Gasteiger charge is -2.30. The number of rotatable bonds is 1. The summed E-state index contributed by atoms with van der Waals surface area (Å²) in [6.45, 7) is 0. The molecule has 16 heavy (non-hydrogen) atoms. The smallest absolute Gasteiger partial charge is 0.133 e. The molecule has 1 aromatic carbocycles. The van der Waals surface area contributed by atoms with E-state index in [2.05, 4.69) is 6.07 Å². The van der Waals surface area contributed by atoms with Crippen LogP contribution in [0.15, 0.2) is 24.3 Å². The summed E-state index contributed by atoms with van der Waals surface area (Å²) in [5.41, 5.74) is 0.425. The molecule has 1 fully saturated rings. The minimum Gasteiger partial charge on any atom is -0.300 e. The van der Waals surface area contributed by atoms with E-state index < -0.39 is 5.41 Å². The zero-order chi connectivity index (χ0) is 11.6. The van der Waals surface area contributed by atoms with Crippen molar-refractivity contribution < 1.29 is 4.79 Å². The van der Waals surface area contributed by atoms with Crippen LogP contribution >= 0.6 is 11.6 Å². The topological polar surface area (TPSA) is 40.9 Å². The van der Waals surface area contributed by atoms with Gasteiger partial charge in [0.05, 0.1) is 11.5 Å². The Morgan fingerprint density at radius 1 is 1.31 bits per heavy atom. The highest BCUT2D eigenvalue weighted by atomic mass is 35.5. The summed E-state index contributed by atoms with van der Waals surface area (Å²) in [6, 6.07) is 9.78. The summed E-state index contributed by atoms with van der Waals surface area (Å²) >= 11 is 5.94. The first-order chi connectivity index (χ1) is 7.66. The van der Waals surface area contributed by atoms with E-state index in [1.807, 2.05) is 18.2 Å². The zero-order valence-corrected chi connectivity index (χ0v) is 9.63. The minimum atomic E-state index is -0.515. The Labute approximate surface area is 99.8 Å². The molecule has 82 valence electrons. The van der Waals surface area contributed by atoms with Crippen LogP contribution in [0.1, 0.15) is 31.2 Å². The first-order valence-electron chi connectivity index (χ1n) is 5.35. The molecule has 0 N–H and O–H groups in total. The predicted molar refractivity (Wildman–Crippen MR) is 62.2 cm³/mol. The van der Waals surface area contributed by atoms with Gasteiger partial charge >= 0.3 is 0 Å². The normalized spacial score (nSPS) is 19.1. The zero-order valence-electron chi connectivity index (χ0n) is 8.87. The number of hydrogen-bond acceptors (Lipinski definition) is 2. The van der Waals surface area contributed by atoms with Crippen LogP contribution in [0.4, 0.5) is 0 Å². The van der Waals surface area contributed by atoms with Gasteiger partial charge in [-0.1, -0.05) is 23.7 Å². The van der Waals surface area contributed by atoms with Crippen molar-refractivity contribution in [1.82, 2.24) is 0 Å². The van der Waals surface area contributed by atoms with Gasteiger partial charge in [-0.2, -0.15) is 5.26 Å². The number of nitrogens with zero attached hydrogens (tertiary/aromatic N) is 1. The molecule has 2 nitrogen and oxygen atoms in total. The number of nitriles is 1. The SMILES string of the molecule is N#CC1(c2cccc(Cl)c2)CCC(=O)CC1. The van der Waals surface area contributed by atoms with Crippen molar-refractivity contribution in [3.63, 3.8) is 0 Å². The van der Waals surface area contributed by atoms with Crippen LogP contribution in [0.2, 0.25) is 5.02 Å². The lowest BCUT2D eigenvalue weighted by Crippen LogP contribution is -2.30. The molecule has 0 amide bonds. The van der Waals surface area contributed by atoms with Crippen LogP contribution in [0.25, 0.3) is 0 Å². The Morgan fingerprint density at radius 3 is 2.56 bits per heavy atom. The third-order valence-electron chi connectivity index (χ3n) is 3.25. The summed E-state index contributed by atoms with van der Waals surface area (Å²) in [6.07, 6.45) is 2.23. The fourth-order valence-electron chi connectivity index (χ4n) is 2.21. The minimum absolute atomic E-state index is 0.257. The van der Waals surface area contributed by atoms with Gasteiger partial charge in [0, 0.05) is 17.9 Å². The largest absolute Gasteiger partial charge is 0.300 e. The summed E-state index contributed by atoms with van der Waals surface area (Å²) in [4.78, 5) is 11.2. The van der Waals surface area contributed by atoms with Crippen molar-refractivity contribution in [2.75, 3.05) is 0 Å². The van der Waals surface area contributed by atoms with Gasteiger partial charge in [0.2, 0.25) is 0 Å². The van der Waals surface area contributed by atoms with E-state index in [-0.39, 0.29) is 5.78 Å². The Balaban J connectivity index is 2.36. The van der Waals surface area contributed by atoms with Crippen LogP contribution in [-0.2, 0) is 10.2 Å². The Bertz CT molecular complexity index is 451. The number of hydrogen-bond donors (Lipinski definition) is 0. The average molecular weight is 234 g/mol. The maximum atomic E-state index is 11.2. The van der Waals surface area contributed by atoms with Crippen LogP contribution in [0, 0.1) is 11.3 Å². The van der Waals surface area contributed by atoms with Crippen molar-refractivity contribution in [2.24, 2.45) is 0 Å². The van der Waals surface area contributed by atoms with Crippen molar-refractivity contribution >= 4 is 17.4 Å². The Kier molecular flexibility index (Phi) is 2.98. The van der Waals surface area contributed by atoms with Crippen molar-refractivity contribution in [3.8, 4) is 6.07 Å². The van der Waals surface area contributed by atoms with Crippen LogP contribution < -0.4 is 0 Å². The molecule has 0 aromatic heterocycles. The number of carbonyl (C=O) groups excluding carboxylic acids is 1. The molecule has 0 spiro atoms. The van der Waals surface area contributed by atoms with Crippen molar-refractivity contribution in [1.29, 1.82) is 5.26 Å². The summed E-state index contributed by atoms with van der Waals surface area (Å²) in [7, 11) is 0. The van der Waals surface area contributed by atoms with E-state index in [9.17, 15) is 10.1 Å². The van der Waals surface area contributed by atoms with Gasteiger partial charge in [-0.25, -0.2) is 0 Å². The summed E-state index contributed by atoms with van der Waals surface area (Å²) in [5.74, 6) is 0.257. The highest BCUT2D eigenvalue weighted by Crippen LogP contribution is 2.38. The first-order valence-corrected chi connectivity index (χ1v) is 5.73. The number of ketones is 1. The monoisotopic (exact) mass is 233 g/mol. The van der Waals surface area contributed by atoms with E-state index >= 15 is 0 Å². The summed E-state index contributed by atoms with van der Waals surface area (Å²) in [5, 5.41) is 10.0. The van der Waals surface area contributed by atoms with Crippen LogP contribution in [0.5, 0.6) is 0 Å². The van der Waals surface area contributed by atoms with Crippen LogP contribution in [-0.4, -0.2) is 5.78 Å². The lowest BCUT2D eigenvalue weighted by atomic mass is 9.70. The molecule has 0 radical (unpaired) electrons. The van der Waals surface area contributed by atoms with Gasteiger partial charge in [0.15, 0.2) is 0 Å². The second-order valence-electron chi connectivity index (χ2n) is 4.24. The molecule has 0 aliphatic heterocycles. The van der Waals surface area contributed by atoms with Gasteiger partial charge in [0.25, 0.3) is 0 Å². The average Bonchev–Trinajstić information content (AvgIpc) is 2.31. The lowest BCUT2D eigenvalue weighted by molar-refractivity contribution is -0.120. The molecule has 1 saturated carbocycles. The maximum Gasteiger partial charge on any atom is 0.133 e. The third-order valence-corrected chi connectivity index (χ3v) is 3.49. The molecule has 1 aliphatic carbocycles. The highest BCUT2D eigenvalue weighted by molar-refractivity contribution is 6.30. The number of benzene rings is 1. The fourth-order valence-corrected chi connectivity index (χ4v) is 2.40. The van der Waals surface area contributed by atoms with Gasteiger partial charge in [-0.05, 0) is 30.5 Å². The predicted octanol–water partition coefficient (Wildman–Crippen LogP) is 3.24. The second-order valence-corrected chi connectivity index (χ2v) is 4.68. The standard InChI is InChI=1S/C13H12ClNO/c14-11-3-1-2-10(8-11)13(9-15)6-4-12(16)5-7-13/h1-3,8H,4-7H2. The van der Waals surface area contributed by atoms with Crippen LogP contribution in [0.3, 0.4) is 0 Å². The quantitative estimate of drug-likeness (QED) is 0.747.